The van der Waals surface area contributed by atoms with Crippen LogP contribution in [-0.4, -0.2) is 72.1 Å². The van der Waals surface area contributed by atoms with Gasteiger partial charge in [-0.2, -0.15) is 0 Å². The lowest BCUT2D eigenvalue weighted by Crippen LogP contribution is -2.42. The van der Waals surface area contributed by atoms with Gasteiger partial charge in [-0.15, -0.1) is 0 Å². The molecule has 0 aromatic heterocycles. The molecule has 0 spiro atoms. The third-order valence-corrected chi connectivity index (χ3v) is 6.67. The van der Waals surface area contributed by atoms with E-state index in [0.29, 0.717) is 31.7 Å². The van der Waals surface area contributed by atoms with Crippen LogP contribution in [0.4, 0.5) is 4.39 Å². The first-order chi connectivity index (χ1) is 16.4. The van der Waals surface area contributed by atoms with Gasteiger partial charge in [-0.05, 0) is 36.8 Å². The van der Waals surface area contributed by atoms with Gasteiger partial charge < -0.3 is 19.5 Å². The van der Waals surface area contributed by atoms with Crippen LogP contribution in [0.15, 0.2) is 48.0 Å². The molecular formula is C26H27FN2O5. The second-order valence-corrected chi connectivity index (χ2v) is 8.92. The summed E-state index contributed by atoms with van der Waals surface area (Å²) < 4.78 is 26.0. The van der Waals surface area contributed by atoms with Gasteiger partial charge in [0.25, 0.3) is 11.7 Å². The Morgan fingerprint density at radius 3 is 2.65 bits per heavy atom. The fourth-order valence-corrected chi connectivity index (χ4v) is 4.93. The molecule has 2 fully saturated rings. The lowest BCUT2D eigenvalue weighted by molar-refractivity contribution is -0.140. The van der Waals surface area contributed by atoms with Gasteiger partial charge in [0.05, 0.1) is 24.8 Å². The molecule has 1 amide bonds. The quantitative estimate of drug-likeness (QED) is 0.415. The van der Waals surface area contributed by atoms with E-state index in [1.165, 1.54) is 11.0 Å². The highest BCUT2D eigenvalue weighted by atomic mass is 19.1. The number of Topliss-reactive ketones (excluding diaryl/α,β-unsaturated/α-hetero) is 1. The van der Waals surface area contributed by atoms with Crippen LogP contribution >= 0.6 is 0 Å². The summed E-state index contributed by atoms with van der Waals surface area (Å²) in [5.74, 6) is -1.64. The first-order valence-corrected chi connectivity index (χ1v) is 11.6. The summed E-state index contributed by atoms with van der Waals surface area (Å²) in [6.45, 7) is 5.38. The number of fused-ring (bicyclic) bond motifs is 1. The molecular weight excluding hydrogens is 439 g/mol. The van der Waals surface area contributed by atoms with Crippen molar-refractivity contribution in [3.8, 4) is 5.75 Å². The van der Waals surface area contributed by atoms with E-state index in [0.717, 1.165) is 24.4 Å². The second kappa shape index (κ2) is 9.19. The summed E-state index contributed by atoms with van der Waals surface area (Å²) in [6.07, 6.45) is 0.706. The van der Waals surface area contributed by atoms with E-state index in [4.69, 9.17) is 9.47 Å². The summed E-state index contributed by atoms with van der Waals surface area (Å²) >= 11 is 0. The summed E-state index contributed by atoms with van der Waals surface area (Å²) in [6, 6.07) is 10.2. The number of benzene rings is 2. The van der Waals surface area contributed by atoms with E-state index in [1.54, 1.807) is 36.4 Å². The third kappa shape index (κ3) is 4.08. The van der Waals surface area contributed by atoms with Gasteiger partial charge in [0.15, 0.2) is 0 Å². The minimum absolute atomic E-state index is 0.0246. The fourth-order valence-electron chi connectivity index (χ4n) is 4.93. The Labute approximate surface area is 197 Å². The maximum absolute atomic E-state index is 14.9. The second-order valence-electron chi connectivity index (χ2n) is 8.92. The zero-order chi connectivity index (χ0) is 23.8. The van der Waals surface area contributed by atoms with Gasteiger partial charge in [0, 0.05) is 43.7 Å². The molecule has 178 valence electrons. The molecule has 2 saturated heterocycles. The fraction of sp³-hybridized carbons (Fsp3) is 0.385. The van der Waals surface area contributed by atoms with E-state index in [-0.39, 0.29) is 29.5 Å². The Kier molecular flexibility index (Phi) is 6.10. The SMILES string of the molecule is C[C@@H]1Cc2cc(C(O)=C3C(=O)C(=O)N(CCN4CCOCC4)[C@@H]3c3ccccc3F)ccc2O1. The Bertz CT molecular complexity index is 1160. The van der Waals surface area contributed by atoms with Crippen LogP contribution in [0.1, 0.15) is 29.7 Å². The van der Waals surface area contributed by atoms with E-state index in [9.17, 15) is 19.1 Å². The number of ketones is 1. The molecule has 0 bridgehead atoms. The number of carbonyl (C=O) groups is 2. The van der Waals surface area contributed by atoms with Crippen molar-refractivity contribution in [1.29, 1.82) is 0 Å². The van der Waals surface area contributed by atoms with Gasteiger partial charge in [-0.3, -0.25) is 14.5 Å². The molecule has 8 heteroatoms. The van der Waals surface area contributed by atoms with Crippen molar-refractivity contribution in [2.24, 2.45) is 0 Å². The lowest BCUT2D eigenvalue weighted by atomic mass is 9.94. The Morgan fingerprint density at radius 2 is 1.88 bits per heavy atom. The number of ether oxygens (including phenoxy) is 2. The van der Waals surface area contributed by atoms with Crippen LogP contribution in [0.25, 0.3) is 5.76 Å². The zero-order valence-corrected chi connectivity index (χ0v) is 19.0. The molecule has 0 radical (unpaired) electrons. The highest BCUT2D eigenvalue weighted by Gasteiger charge is 2.47. The predicted octanol–water partition coefficient (Wildman–Crippen LogP) is 2.90. The highest BCUT2D eigenvalue weighted by molar-refractivity contribution is 6.46. The van der Waals surface area contributed by atoms with Crippen LogP contribution in [0.3, 0.4) is 0 Å². The normalized spacial score (nSPS) is 24.4. The Morgan fingerprint density at radius 1 is 1.12 bits per heavy atom. The maximum Gasteiger partial charge on any atom is 0.295 e. The number of carbonyl (C=O) groups excluding carboxylic acids is 2. The van der Waals surface area contributed by atoms with Crippen LogP contribution in [0.5, 0.6) is 5.75 Å². The van der Waals surface area contributed by atoms with Crippen molar-refractivity contribution >= 4 is 17.4 Å². The molecule has 3 heterocycles. The summed E-state index contributed by atoms with van der Waals surface area (Å²) in [7, 11) is 0. The lowest BCUT2D eigenvalue weighted by Gasteiger charge is -2.31. The third-order valence-electron chi connectivity index (χ3n) is 6.67. The molecule has 2 atom stereocenters. The molecule has 0 aliphatic carbocycles. The number of aliphatic hydroxyl groups excluding tert-OH is 1. The molecule has 3 aliphatic rings. The van der Waals surface area contributed by atoms with E-state index in [2.05, 4.69) is 4.90 Å². The topological polar surface area (TPSA) is 79.3 Å². The molecule has 0 saturated carbocycles. The summed E-state index contributed by atoms with van der Waals surface area (Å²) in [5, 5.41) is 11.3. The minimum atomic E-state index is -1.01. The first kappa shape index (κ1) is 22.6. The standard InChI is InChI=1S/C26H27FN2O5/c1-16-14-18-15-17(6-7-21(18)34-16)24(30)22-23(19-4-2-3-5-20(19)27)29(26(32)25(22)31)9-8-28-10-12-33-13-11-28/h2-7,15-16,23,30H,8-14H2,1H3/t16-,23-/m1/s1. The average Bonchev–Trinajstić information content (AvgIpc) is 3.33. The molecule has 1 N–H and O–H groups in total. The van der Waals surface area contributed by atoms with Gasteiger partial charge in [0.1, 0.15) is 23.4 Å². The average molecular weight is 467 g/mol. The van der Waals surface area contributed by atoms with Crippen LogP contribution in [0, 0.1) is 5.82 Å². The number of likely N-dealkylation sites (tertiary alicyclic amines) is 1. The number of amides is 1. The van der Waals surface area contributed by atoms with Gasteiger partial charge >= 0.3 is 0 Å². The monoisotopic (exact) mass is 466 g/mol. The van der Waals surface area contributed by atoms with Crippen LogP contribution in [0.2, 0.25) is 0 Å². The predicted molar refractivity (Wildman–Crippen MR) is 123 cm³/mol. The molecule has 7 nitrogen and oxygen atoms in total. The van der Waals surface area contributed by atoms with Gasteiger partial charge in [-0.25, -0.2) is 4.39 Å². The molecule has 2 aromatic rings. The highest BCUT2D eigenvalue weighted by Crippen LogP contribution is 2.41. The number of nitrogens with zero attached hydrogens (tertiary/aromatic N) is 2. The molecule has 34 heavy (non-hydrogen) atoms. The summed E-state index contributed by atoms with van der Waals surface area (Å²) in [4.78, 5) is 29.8. The number of halogens is 1. The largest absolute Gasteiger partial charge is 0.507 e. The van der Waals surface area contributed by atoms with Crippen LogP contribution < -0.4 is 4.74 Å². The van der Waals surface area contributed by atoms with Crippen LogP contribution in [-0.2, 0) is 20.7 Å². The first-order valence-electron chi connectivity index (χ1n) is 11.6. The van der Waals surface area contributed by atoms with E-state index >= 15 is 0 Å². The molecule has 2 aromatic carbocycles. The van der Waals surface area contributed by atoms with E-state index in [1.807, 2.05) is 6.92 Å². The molecule has 0 unspecified atom stereocenters. The van der Waals surface area contributed by atoms with Gasteiger partial charge in [-0.1, -0.05) is 18.2 Å². The van der Waals surface area contributed by atoms with Crippen molar-refractivity contribution in [1.82, 2.24) is 9.80 Å². The number of hydrogen-bond donors (Lipinski definition) is 1. The van der Waals surface area contributed by atoms with Crippen molar-refractivity contribution in [3.05, 3.63) is 70.5 Å². The minimum Gasteiger partial charge on any atom is -0.507 e. The number of morpholine rings is 1. The molecule has 3 aliphatic heterocycles. The molecule has 5 rings (SSSR count). The van der Waals surface area contributed by atoms with Crippen molar-refractivity contribution in [2.45, 2.75) is 25.5 Å². The number of aliphatic hydroxyl groups is 1. The number of hydrogen-bond acceptors (Lipinski definition) is 6. The maximum atomic E-state index is 14.9. The smallest absolute Gasteiger partial charge is 0.295 e. The van der Waals surface area contributed by atoms with Crippen molar-refractivity contribution in [2.75, 3.05) is 39.4 Å². The number of rotatable bonds is 5. The van der Waals surface area contributed by atoms with E-state index < -0.39 is 23.5 Å². The Balaban J connectivity index is 1.54. The van der Waals surface area contributed by atoms with Crippen molar-refractivity contribution < 1.29 is 28.6 Å². The Hall–Kier alpha value is -3.23. The van der Waals surface area contributed by atoms with Gasteiger partial charge in [0.2, 0.25) is 0 Å². The van der Waals surface area contributed by atoms with Crippen molar-refractivity contribution in [3.63, 3.8) is 0 Å². The zero-order valence-electron chi connectivity index (χ0n) is 19.0. The summed E-state index contributed by atoms with van der Waals surface area (Å²) in [5.41, 5.74) is 1.41.